The largest absolute Gasteiger partial charge is 0.478 e. The zero-order chi connectivity index (χ0) is 11.0. The minimum Gasteiger partial charge on any atom is -0.478 e. The van der Waals surface area contributed by atoms with Crippen LogP contribution in [-0.2, 0) is 6.42 Å². The van der Waals surface area contributed by atoms with Crippen LogP contribution in [0.4, 0.5) is 5.69 Å². The van der Waals surface area contributed by atoms with E-state index in [0.29, 0.717) is 17.2 Å². The Morgan fingerprint density at radius 2 is 2.27 bits per heavy atom. The summed E-state index contributed by atoms with van der Waals surface area (Å²) in [5.74, 6) is -0.474. The van der Waals surface area contributed by atoms with Crippen LogP contribution in [0.25, 0.3) is 0 Å². The molecule has 1 aliphatic rings. The van der Waals surface area contributed by atoms with Gasteiger partial charge in [0.2, 0.25) is 0 Å². The van der Waals surface area contributed by atoms with Gasteiger partial charge in [0.25, 0.3) is 0 Å². The number of carboxylic acids is 1. The van der Waals surface area contributed by atoms with Crippen LogP contribution in [0.1, 0.15) is 47.2 Å². The SMILES string of the molecule is CC1CCCc2c(N)cc(C(=O)O)cc21. The highest BCUT2D eigenvalue weighted by Crippen LogP contribution is 2.35. The van der Waals surface area contributed by atoms with Crippen LogP contribution >= 0.6 is 0 Å². The van der Waals surface area contributed by atoms with Crippen LogP contribution in [0, 0.1) is 0 Å². The second-order valence-corrected chi connectivity index (χ2v) is 4.23. The van der Waals surface area contributed by atoms with Gasteiger partial charge in [-0.15, -0.1) is 0 Å². The minimum atomic E-state index is -0.901. The molecule has 0 fully saturated rings. The van der Waals surface area contributed by atoms with Gasteiger partial charge in [0, 0.05) is 5.69 Å². The van der Waals surface area contributed by atoms with E-state index in [9.17, 15) is 4.79 Å². The molecule has 80 valence electrons. The fraction of sp³-hybridized carbons (Fsp3) is 0.417. The Hall–Kier alpha value is -1.51. The lowest BCUT2D eigenvalue weighted by Crippen LogP contribution is -2.12. The van der Waals surface area contributed by atoms with Crippen molar-refractivity contribution in [2.24, 2.45) is 0 Å². The molecule has 1 aliphatic carbocycles. The fourth-order valence-corrected chi connectivity index (χ4v) is 2.31. The van der Waals surface area contributed by atoms with E-state index in [1.807, 2.05) is 0 Å². The van der Waals surface area contributed by atoms with Gasteiger partial charge in [-0.05, 0) is 48.4 Å². The van der Waals surface area contributed by atoms with Crippen molar-refractivity contribution in [1.29, 1.82) is 0 Å². The summed E-state index contributed by atoms with van der Waals surface area (Å²) in [7, 11) is 0. The molecule has 0 radical (unpaired) electrons. The normalized spacial score (nSPS) is 19.7. The quantitative estimate of drug-likeness (QED) is 0.692. The van der Waals surface area contributed by atoms with E-state index in [4.69, 9.17) is 10.8 Å². The molecule has 1 unspecified atom stereocenters. The number of hydrogen-bond acceptors (Lipinski definition) is 2. The first-order valence-corrected chi connectivity index (χ1v) is 5.25. The van der Waals surface area contributed by atoms with E-state index in [-0.39, 0.29) is 0 Å². The second kappa shape index (κ2) is 3.57. The first-order valence-electron chi connectivity index (χ1n) is 5.25. The summed E-state index contributed by atoms with van der Waals surface area (Å²) in [4.78, 5) is 10.9. The van der Waals surface area contributed by atoms with E-state index >= 15 is 0 Å². The maximum absolute atomic E-state index is 10.9. The lowest BCUT2D eigenvalue weighted by Gasteiger charge is -2.24. The van der Waals surface area contributed by atoms with Crippen molar-refractivity contribution in [3.05, 3.63) is 28.8 Å². The standard InChI is InChI=1S/C12H15NO2/c1-7-3-2-4-9-10(7)5-8(12(14)15)6-11(9)13/h5-7H,2-4,13H2,1H3,(H,14,15). The highest BCUT2D eigenvalue weighted by Gasteiger charge is 2.20. The Morgan fingerprint density at radius 1 is 1.53 bits per heavy atom. The molecule has 15 heavy (non-hydrogen) atoms. The van der Waals surface area contributed by atoms with Gasteiger partial charge in [0.15, 0.2) is 0 Å². The first-order chi connectivity index (χ1) is 7.09. The average molecular weight is 205 g/mol. The molecule has 2 rings (SSSR count). The van der Waals surface area contributed by atoms with Gasteiger partial charge >= 0.3 is 5.97 Å². The van der Waals surface area contributed by atoms with Gasteiger partial charge < -0.3 is 10.8 Å². The molecule has 3 nitrogen and oxygen atoms in total. The predicted octanol–water partition coefficient (Wildman–Crippen LogP) is 2.41. The Labute approximate surface area is 88.9 Å². The molecule has 0 aliphatic heterocycles. The van der Waals surface area contributed by atoms with Crippen molar-refractivity contribution in [2.75, 3.05) is 5.73 Å². The Balaban J connectivity index is 2.56. The Kier molecular flexibility index (Phi) is 2.39. The van der Waals surface area contributed by atoms with E-state index in [0.717, 1.165) is 30.4 Å². The molecule has 0 aromatic heterocycles. The molecule has 0 saturated heterocycles. The van der Waals surface area contributed by atoms with Gasteiger partial charge in [0.1, 0.15) is 0 Å². The maximum Gasteiger partial charge on any atom is 0.335 e. The topological polar surface area (TPSA) is 63.3 Å². The molecule has 0 amide bonds. The number of fused-ring (bicyclic) bond motifs is 1. The summed E-state index contributed by atoms with van der Waals surface area (Å²) in [6.07, 6.45) is 3.24. The van der Waals surface area contributed by atoms with Crippen LogP contribution in [0.15, 0.2) is 12.1 Å². The lowest BCUT2D eigenvalue weighted by molar-refractivity contribution is 0.0697. The number of carbonyl (C=O) groups is 1. The number of hydrogen-bond donors (Lipinski definition) is 2. The van der Waals surface area contributed by atoms with Crippen molar-refractivity contribution in [1.82, 2.24) is 0 Å². The van der Waals surface area contributed by atoms with Crippen LogP contribution in [0.5, 0.6) is 0 Å². The molecule has 0 saturated carbocycles. The number of benzene rings is 1. The van der Waals surface area contributed by atoms with Crippen molar-refractivity contribution in [2.45, 2.75) is 32.1 Å². The monoisotopic (exact) mass is 205 g/mol. The number of nitrogens with two attached hydrogens (primary N) is 1. The number of carboxylic acid groups (broad SMARTS) is 1. The van der Waals surface area contributed by atoms with E-state index in [1.165, 1.54) is 0 Å². The molecule has 0 spiro atoms. The Bertz CT molecular complexity index is 412. The van der Waals surface area contributed by atoms with Gasteiger partial charge in [-0.3, -0.25) is 0 Å². The number of nitrogen functional groups attached to an aromatic ring is 1. The van der Waals surface area contributed by atoms with Crippen molar-refractivity contribution in [3.8, 4) is 0 Å². The van der Waals surface area contributed by atoms with E-state index in [1.54, 1.807) is 12.1 Å². The minimum absolute atomic E-state index is 0.306. The lowest BCUT2D eigenvalue weighted by atomic mass is 9.82. The molecule has 3 N–H and O–H groups in total. The zero-order valence-electron chi connectivity index (χ0n) is 8.79. The predicted molar refractivity (Wildman–Crippen MR) is 59.2 cm³/mol. The second-order valence-electron chi connectivity index (χ2n) is 4.23. The molecule has 1 aromatic rings. The fourth-order valence-electron chi connectivity index (χ4n) is 2.31. The first kappa shape index (κ1) is 10.0. The van der Waals surface area contributed by atoms with Gasteiger partial charge in [0.05, 0.1) is 5.56 Å². The van der Waals surface area contributed by atoms with Gasteiger partial charge in [-0.1, -0.05) is 6.92 Å². The van der Waals surface area contributed by atoms with E-state index < -0.39 is 5.97 Å². The molecule has 1 atom stereocenters. The third-order valence-electron chi connectivity index (χ3n) is 3.16. The smallest absolute Gasteiger partial charge is 0.335 e. The van der Waals surface area contributed by atoms with Crippen molar-refractivity contribution >= 4 is 11.7 Å². The summed E-state index contributed by atoms with van der Waals surface area (Å²) >= 11 is 0. The van der Waals surface area contributed by atoms with Gasteiger partial charge in [-0.25, -0.2) is 4.79 Å². The summed E-state index contributed by atoms with van der Waals surface area (Å²) in [5.41, 5.74) is 9.10. The molecule has 3 heteroatoms. The number of anilines is 1. The zero-order valence-corrected chi connectivity index (χ0v) is 8.79. The third-order valence-corrected chi connectivity index (χ3v) is 3.16. The van der Waals surface area contributed by atoms with Crippen LogP contribution < -0.4 is 5.73 Å². The van der Waals surface area contributed by atoms with Crippen LogP contribution in [0.2, 0.25) is 0 Å². The van der Waals surface area contributed by atoms with Crippen LogP contribution in [0.3, 0.4) is 0 Å². The Morgan fingerprint density at radius 3 is 2.93 bits per heavy atom. The molecule has 0 bridgehead atoms. The van der Waals surface area contributed by atoms with Crippen molar-refractivity contribution < 1.29 is 9.90 Å². The number of aromatic carboxylic acids is 1. The highest BCUT2D eigenvalue weighted by atomic mass is 16.4. The maximum atomic E-state index is 10.9. The summed E-state index contributed by atoms with van der Waals surface area (Å²) in [5, 5.41) is 8.94. The molecule has 0 heterocycles. The average Bonchev–Trinajstić information content (AvgIpc) is 2.19. The molecular weight excluding hydrogens is 190 g/mol. The van der Waals surface area contributed by atoms with Crippen LogP contribution in [-0.4, -0.2) is 11.1 Å². The summed E-state index contributed by atoms with van der Waals surface area (Å²) < 4.78 is 0. The highest BCUT2D eigenvalue weighted by molar-refractivity contribution is 5.89. The molecular formula is C12H15NO2. The summed E-state index contributed by atoms with van der Waals surface area (Å²) in [6.45, 7) is 2.13. The number of rotatable bonds is 1. The van der Waals surface area contributed by atoms with Crippen molar-refractivity contribution in [3.63, 3.8) is 0 Å². The van der Waals surface area contributed by atoms with Gasteiger partial charge in [-0.2, -0.15) is 0 Å². The van der Waals surface area contributed by atoms with E-state index in [2.05, 4.69) is 6.92 Å². The third kappa shape index (κ3) is 1.69. The summed E-state index contributed by atoms with van der Waals surface area (Å²) in [6, 6.07) is 3.34. The molecule has 1 aromatic carbocycles.